The van der Waals surface area contributed by atoms with Gasteiger partial charge in [-0.05, 0) is 6.42 Å². The smallest absolute Gasteiger partial charge is 0.0722 e. The third-order valence-electron chi connectivity index (χ3n) is 1.09. The van der Waals surface area contributed by atoms with E-state index in [9.17, 15) is 0 Å². The average Bonchev–Trinajstić information content (AvgIpc) is 2.22. The largest absolute Gasteiger partial charge is 0.140 e. The highest BCUT2D eigenvalue weighted by Crippen LogP contribution is 2.48. The summed E-state index contributed by atoms with van der Waals surface area (Å²) in [7, 11) is 0. The number of rotatable bonds is 2. The normalized spacial score (nSPS) is 38.6. The topological polar surface area (TPSA) is 0 Å². The Hall–Kier alpha value is 0.830. The maximum Gasteiger partial charge on any atom is 0.0722 e. The molecule has 1 fully saturated rings. The summed E-state index contributed by atoms with van der Waals surface area (Å²) in [4.78, 5) is 0. The van der Waals surface area contributed by atoms with Crippen LogP contribution in [0.15, 0.2) is 0 Å². The van der Waals surface area contributed by atoms with E-state index in [1.807, 2.05) is 11.8 Å². The van der Waals surface area contributed by atoms with Crippen LogP contribution in [0.4, 0.5) is 0 Å². The van der Waals surface area contributed by atoms with Crippen LogP contribution in [0.1, 0.15) is 19.8 Å². The monoisotopic (exact) mass is 180 g/mol. The molecule has 2 heteroatoms. The van der Waals surface area contributed by atoms with Crippen molar-refractivity contribution in [3.05, 3.63) is 0 Å². The van der Waals surface area contributed by atoms with Crippen LogP contribution in [0.5, 0.6) is 0 Å². The van der Waals surface area contributed by atoms with Gasteiger partial charge >= 0.3 is 0 Å². The Morgan fingerprint density at radius 1 is 1.71 bits per heavy atom. The van der Waals surface area contributed by atoms with E-state index in [1.165, 1.54) is 12.8 Å². The molecule has 2 atom stereocenters. The van der Waals surface area contributed by atoms with Crippen LogP contribution >= 0.6 is 27.7 Å². The van der Waals surface area contributed by atoms with Crippen molar-refractivity contribution in [2.75, 3.05) is 0 Å². The highest BCUT2D eigenvalue weighted by molar-refractivity contribution is 9.12. The number of hydrogen-bond donors (Lipinski definition) is 0. The Labute approximate surface area is 57.2 Å². The maximum absolute atomic E-state index is 3.51. The third kappa shape index (κ3) is 1.65. The fourth-order valence-corrected chi connectivity index (χ4v) is 2.45. The van der Waals surface area contributed by atoms with Gasteiger partial charge < -0.3 is 0 Å². The van der Waals surface area contributed by atoms with Gasteiger partial charge in [-0.25, -0.2) is 0 Å². The molecule has 0 aliphatic carbocycles. The Balaban J connectivity index is 1.98. The zero-order chi connectivity index (χ0) is 5.28. The Morgan fingerprint density at radius 3 is 2.43 bits per heavy atom. The number of alkyl halides is 1. The first-order chi connectivity index (χ1) is 3.34. The second kappa shape index (κ2) is 2.40. The summed E-state index contributed by atoms with van der Waals surface area (Å²) >= 11 is 5.55. The fraction of sp³-hybridized carbons (Fsp3) is 1.00. The number of thioether (sulfide) groups is 1. The van der Waals surface area contributed by atoms with E-state index < -0.39 is 0 Å². The first-order valence-corrected chi connectivity index (χ1v) is 4.50. The minimum absolute atomic E-state index is 0.799. The van der Waals surface area contributed by atoms with Gasteiger partial charge in [0.25, 0.3) is 0 Å². The molecule has 1 aliphatic rings. The van der Waals surface area contributed by atoms with Crippen LogP contribution < -0.4 is 0 Å². The van der Waals surface area contributed by atoms with Gasteiger partial charge in [-0.15, -0.1) is 11.8 Å². The first-order valence-electron chi connectivity index (χ1n) is 2.64. The summed E-state index contributed by atoms with van der Waals surface area (Å²) in [5, 5.41) is 0.949. The van der Waals surface area contributed by atoms with Crippen molar-refractivity contribution >= 4 is 27.7 Å². The van der Waals surface area contributed by atoms with Gasteiger partial charge in [-0.2, -0.15) is 0 Å². The zero-order valence-electron chi connectivity index (χ0n) is 4.36. The lowest BCUT2D eigenvalue weighted by atomic mass is 10.3. The van der Waals surface area contributed by atoms with Crippen molar-refractivity contribution in [3.63, 3.8) is 0 Å². The number of hydrogen-bond acceptors (Lipinski definition) is 1. The van der Waals surface area contributed by atoms with E-state index in [0.717, 1.165) is 9.41 Å². The molecular weight excluding hydrogens is 172 g/mol. The molecule has 0 saturated carbocycles. The van der Waals surface area contributed by atoms with E-state index in [0.29, 0.717) is 0 Å². The number of halogens is 1. The summed E-state index contributed by atoms with van der Waals surface area (Å²) in [6.07, 6.45) is 2.72. The van der Waals surface area contributed by atoms with Crippen LogP contribution in [0.2, 0.25) is 0 Å². The highest BCUT2D eigenvalue weighted by Gasteiger charge is 2.34. The van der Waals surface area contributed by atoms with Crippen LogP contribution in [0.25, 0.3) is 0 Å². The second-order valence-corrected chi connectivity index (χ2v) is 4.79. The molecule has 0 bridgehead atoms. The Morgan fingerprint density at radius 2 is 2.29 bits per heavy atom. The van der Waals surface area contributed by atoms with Gasteiger partial charge in [0.2, 0.25) is 0 Å². The summed E-state index contributed by atoms with van der Waals surface area (Å²) in [5.41, 5.74) is 0. The third-order valence-corrected chi connectivity index (χ3v) is 3.86. The van der Waals surface area contributed by atoms with E-state index >= 15 is 0 Å². The quantitative estimate of drug-likeness (QED) is 0.466. The predicted octanol–water partition coefficient (Wildman–Crippen LogP) is 2.62. The van der Waals surface area contributed by atoms with Crippen molar-refractivity contribution in [3.8, 4) is 0 Å². The Kier molecular flexibility index (Phi) is 2.04. The average molecular weight is 181 g/mol. The van der Waals surface area contributed by atoms with E-state index in [2.05, 4.69) is 22.9 Å². The van der Waals surface area contributed by atoms with Crippen molar-refractivity contribution in [2.24, 2.45) is 0 Å². The molecule has 0 aromatic rings. The van der Waals surface area contributed by atoms with E-state index in [-0.39, 0.29) is 0 Å². The molecule has 42 valence electrons. The molecule has 7 heavy (non-hydrogen) atoms. The molecule has 0 spiro atoms. The minimum atomic E-state index is 0.799. The van der Waals surface area contributed by atoms with E-state index in [1.54, 1.807) is 0 Å². The van der Waals surface area contributed by atoms with Crippen molar-refractivity contribution < 1.29 is 0 Å². The molecule has 2 unspecified atom stereocenters. The van der Waals surface area contributed by atoms with Gasteiger partial charge in [0.05, 0.1) is 4.16 Å². The molecule has 0 aromatic carbocycles. The van der Waals surface area contributed by atoms with Gasteiger partial charge in [-0.3, -0.25) is 0 Å². The molecule has 0 amide bonds. The molecule has 0 N–H and O–H groups in total. The molecular formula is C5H9BrS. The van der Waals surface area contributed by atoms with Crippen LogP contribution in [0, 0.1) is 0 Å². The lowest BCUT2D eigenvalue weighted by Gasteiger charge is -1.83. The molecule has 1 aliphatic heterocycles. The van der Waals surface area contributed by atoms with Crippen LogP contribution in [-0.2, 0) is 0 Å². The summed E-state index contributed by atoms with van der Waals surface area (Å²) in [6, 6.07) is 0. The summed E-state index contributed by atoms with van der Waals surface area (Å²) in [6.45, 7) is 2.23. The molecule has 1 rings (SSSR count). The fourth-order valence-electron chi connectivity index (χ4n) is 0.605. The van der Waals surface area contributed by atoms with Crippen molar-refractivity contribution in [2.45, 2.75) is 29.2 Å². The molecule has 0 radical (unpaired) electrons. The van der Waals surface area contributed by atoms with E-state index in [4.69, 9.17) is 0 Å². The van der Waals surface area contributed by atoms with Gasteiger partial charge in [-0.1, -0.05) is 29.3 Å². The molecule has 0 nitrogen and oxygen atoms in total. The molecule has 1 saturated heterocycles. The predicted molar refractivity (Wildman–Crippen MR) is 39.0 cm³/mol. The lowest BCUT2D eigenvalue weighted by Crippen LogP contribution is -1.82. The van der Waals surface area contributed by atoms with Crippen molar-refractivity contribution in [1.29, 1.82) is 0 Å². The minimum Gasteiger partial charge on any atom is -0.140 e. The Bertz CT molecular complexity index is 65.1. The summed E-state index contributed by atoms with van der Waals surface area (Å²) in [5.74, 6) is 0. The highest BCUT2D eigenvalue weighted by atomic mass is 79.9. The second-order valence-electron chi connectivity index (χ2n) is 1.81. The van der Waals surface area contributed by atoms with Crippen LogP contribution in [-0.4, -0.2) is 9.41 Å². The maximum atomic E-state index is 3.51. The van der Waals surface area contributed by atoms with Gasteiger partial charge in [0, 0.05) is 5.25 Å². The van der Waals surface area contributed by atoms with Gasteiger partial charge in [0.1, 0.15) is 0 Å². The first kappa shape index (κ1) is 5.96. The van der Waals surface area contributed by atoms with Crippen molar-refractivity contribution in [1.82, 2.24) is 0 Å². The molecule has 1 heterocycles. The SMILES string of the molecule is CCCC1SC1Br. The lowest BCUT2D eigenvalue weighted by molar-refractivity contribution is 0.823. The van der Waals surface area contributed by atoms with Crippen LogP contribution in [0.3, 0.4) is 0 Å². The zero-order valence-corrected chi connectivity index (χ0v) is 6.76. The van der Waals surface area contributed by atoms with Gasteiger partial charge in [0.15, 0.2) is 0 Å². The summed E-state index contributed by atoms with van der Waals surface area (Å²) < 4.78 is 0.799. The molecule has 0 aromatic heterocycles. The standard InChI is InChI=1S/C5H9BrS/c1-2-3-4-5(6)7-4/h4-5H,2-3H2,1H3.